The number of benzene rings is 1. The minimum atomic E-state index is 0.802. The minimum absolute atomic E-state index is 0.802. The molecule has 0 saturated heterocycles. The van der Waals surface area contributed by atoms with Gasteiger partial charge in [-0.1, -0.05) is 36.2 Å². The topological polar surface area (TPSA) is 12.0 Å². The van der Waals surface area contributed by atoms with Gasteiger partial charge in [0.1, 0.15) is 0 Å². The average molecular weight is 215 g/mol. The lowest BCUT2D eigenvalue weighted by Crippen LogP contribution is -2.48. The minimum Gasteiger partial charge on any atom is -0.311 e. The summed E-state index contributed by atoms with van der Waals surface area (Å²) in [5, 5.41) is 3.77. The first-order valence-electron chi connectivity index (χ1n) is 6.64. The van der Waals surface area contributed by atoms with Crippen LogP contribution >= 0.6 is 0 Å². The molecular formula is C15H21N. The van der Waals surface area contributed by atoms with E-state index in [0.717, 1.165) is 18.0 Å². The highest BCUT2D eigenvalue weighted by atomic mass is 15.0. The molecule has 16 heavy (non-hydrogen) atoms. The Balaban J connectivity index is 1.52. The molecule has 2 aliphatic carbocycles. The second kappa shape index (κ2) is 4.21. The third kappa shape index (κ3) is 2.01. The number of hydrogen-bond acceptors (Lipinski definition) is 1. The Morgan fingerprint density at radius 1 is 1.12 bits per heavy atom. The van der Waals surface area contributed by atoms with Crippen molar-refractivity contribution in [3.8, 4) is 0 Å². The smallest absolute Gasteiger partial charge is 0.00813 e. The van der Waals surface area contributed by atoms with Gasteiger partial charge in [0, 0.05) is 12.1 Å². The maximum atomic E-state index is 3.77. The fourth-order valence-electron chi connectivity index (χ4n) is 2.86. The van der Waals surface area contributed by atoms with Gasteiger partial charge in [-0.05, 0) is 44.1 Å². The lowest BCUT2D eigenvalue weighted by atomic mass is 9.74. The van der Waals surface area contributed by atoms with E-state index in [1.807, 2.05) is 0 Å². The molecule has 3 rings (SSSR count). The highest BCUT2D eigenvalue weighted by Crippen LogP contribution is 2.38. The summed E-state index contributed by atoms with van der Waals surface area (Å²) in [7, 11) is 0. The van der Waals surface area contributed by atoms with E-state index < -0.39 is 0 Å². The number of aryl methyl sites for hydroxylation is 1. The summed E-state index contributed by atoms with van der Waals surface area (Å²) < 4.78 is 0. The van der Waals surface area contributed by atoms with Gasteiger partial charge in [0.05, 0.1) is 0 Å². The predicted molar refractivity (Wildman–Crippen MR) is 67.7 cm³/mol. The van der Waals surface area contributed by atoms with Crippen molar-refractivity contribution in [2.45, 2.75) is 57.0 Å². The van der Waals surface area contributed by atoms with Gasteiger partial charge in [-0.2, -0.15) is 0 Å². The maximum absolute atomic E-state index is 3.77. The summed E-state index contributed by atoms with van der Waals surface area (Å²) >= 11 is 0. The zero-order valence-corrected chi connectivity index (χ0v) is 10.1. The van der Waals surface area contributed by atoms with Crippen LogP contribution in [-0.2, 0) is 0 Å². The Morgan fingerprint density at radius 3 is 2.56 bits per heavy atom. The molecule has 2 fully saturated rings. The van der Waals surface area contributed by atoms with Crippen LogP contribution in [0.2, 0.25) is 0 Å². The lowest BCUT2D eigenvalue weighted by Gasteiger charge is -2.41. The zero-order chi connectivity index (χ0) is 11.0. The fraction of sp³-hybridized carbons (Fsp3) is 0.600. The first kappa shape index (κ1) is 10.3. The van der Waals surface area contributed by atoms with E-state index in [2.05, 4.69) is 36.5 Å². The molecule has 1 aromatic rings. The van der Waals surface area contributed by atoms with Crippen molar-refractivity contribution in [2.75, 3.05) is 0 Å². The Kier molecular flexibility index (Phi) is 2.72. The van der Waals surface area contributed by atoms with Gasteiger partial charge in [0.15, 0.2) is 0 Å². The molecule has 86 valence electrons. The van der Waals surface area contributed by atoms with Crippen LogP contribution in [0.5, 0.6) is 0 Å². The molecule has 2 saturated carbocycles. The van der Waals surface area contributed by atoms with Gasteiger partial charge in [-0.15, -0.1) is 0 Å². The molecule has 0 aromatic heterocycles. The van der Waals surface area contributed by atoms with Crippen molar-refractivity contribution < 1.29 is 0 Å². The first-order valence-corrected chi connectivity index (χ1v) is 6.64. The second-order valence-corrected chi connectivity index (χ2v) is 5.57. The highest BCUT2D eigenvalue weighted by molar-refractivity contribution is 5.27. The molecule has 1 nitrogen and oxygen atoms in total. The van der Waals surface area contributed by atoms with E-state index in [0.29, 0.717) is 0 Å². The Morgan fingerprint density at radius 2 is 1.94 bits per heavy atom. The number of nitrogens with one attached hydrogen (secondary N) is 1. The highest BCUT2D eigenvalue weighted by Gasteiger charge is 2.32. The van der Waals surface area contributed by atoms with E-state index in [9.17, 15) is 0 Å². The second-order valence-electron chi connectivity index (χ2n) is 5.57. The van der Waals surface area contributed by atoms with Gasteiger partial charge in [0.2, 0.25) is 0 Å². The van der Waals surface area contributed by atoms with Crippen molar-refractivity contribution in [1.29, 1.82) is 0 Å². The van der Waals surface area contributed by atoms with E-state index in [4.69, 9.17) is 0 Å². The first-order chi connectivity index (χ1) is 7.81. The van der Waals surface area contributed by atoms with Crippen molar-refractivity contribution >= 4 is 0 Å². The average Bonchev–Trinajstić information content (AvgIpc) is 2.12. The predicted octanol–water partition coefficient (Wildman–Crippen LogP) is 3.38. The van der Waals surface area contributed by atoms with Crippen molar-refractivity contribution in [3.63, 3.8) is 0 Å². The molecule has 0 unspecified atom stereocenters. The summed E-state index contributed by atoms with van der Waals surface area (Å²) in [6.07, 6.45) is 6.95. The van der Waals surface area contributed by atoms with Crippen LogP contribution in [-0.4, -0.2) is 12.1 Å². The monoisotopic (exact) mass is 215 g/mol. The third-order valence-electron chi connectivity index (χ3n) is 4.23. The molecule has 1 heteroatoms. The Labute approximate surface area is 98.3 Å². The quantitative estimate of drug-likeness (QED) is 0.815. The lowest BCUT2D eigenvalue weighted by molar-refractivity contribution is 0.220. The SMILES string of the molecule is Cc1cccc(C2CC(NC3CCC3)C2)c1. The van der Waals surface area contributed by atoms with Crippen LogP contribution < -0.4 is 5.32 Å². The zero-order valence-electron chi connectivity index (χ0n) is 10.1. The molecule has 1 aromatic carbocycles. The summed E-state index contributed by atoms with van der Waals surface area (Å²) in [6, 6.07) is 10.7. The molecule has 0 radical (unpaired) electrons. The molecule has 0 bridgehead atoms. The molecule has 0 atom stereocenters. The summed E-state index contributed by atoms with van der Waals surface area (Å²) in [5.41, 5.74) is 2.94. The standard InChI is InChI=1S/C15H21N/c1-11-4-2-5-12(8-11)13-9-15(10-13)16-14-6-3-7-14/h2,4-5,8,13-16H,3,6-7,9-10H2,1H3. The van der Waals surface area contributed by atoms with Crippen LogP contribution in [0.1, 0.15) is 49.1 Å². The fourth-order valence-corrected chi connectivity index (χ4v) is 2.86. The van der Waals surface area contributed by atoms with Crippen LogP contribution in [0.3, 0.4) is 0 Å². The van der Waals surface area contributed by atoms with Gasteiger partial charge in [-0.25, -0.2) is 0 Å². The van der Waals surface area contributed by atoms with Crippen molar-refractivity contribution in [2.24, 2.45) is 0 Å². The van der Waals surface area contributed by atoms with Gasteiger partial charge in [-0.3, -0.25) is 0 Å². The summed E-state index contributed by atoms with van der Waals surface area (Å²) in [6.45, 7) is 2.19. The van der Waals surface area contributed by atoms with Gasteiger partial charge < -0.3 is 5.32 Å². The third-order valence-corrected chi connectivity index (χ3v) is 4.23. The molecule has 0 spiro atoms. The van der Waals surface area contributed by atoms with E-state index in [1.165, 1.54) is 37.7 Å². The normalized spacial score (nSPS) is 29.6. The van der Waals surface area contributed by atoms with Crippen molar-refractivity contribution in [3.05, 3.63) is 35.4 Å². The van der Waals surface area contributed by atoms with E-state index in [1.54, 1.807) is 5.56 Å². The molecule has 2 aliphatic rings. The van der Waals surface area contributed by atoms with E-state index in [-0.39, 0.29) is 0 Å². The largest absolute Gasteiger partial charge is 0.311 e. The summed E-state index contributed by atoms with van der Waals surface area (Å²) in [4.78, 5) is 0. The van der Waals surface area contributed by atoms with Crippen LogP contribution in [0.15, 0.2) is 24.3 Å². The van der Waals surface area contributed by atoms with Crippen molar-refractivity contribution in [1.82, 2.24) is 5.32 Å². The maximum Gasteiger partial charge on any atom is 0.00813 e. The number of rotatable bonds is 3. The molecule has 1 N–H and O–H groups in total. The summed E-state index contributed by atoms with van der Waals surface area (Å²) in [5.74, 6) is 0.817. The van der Waals surface area contributed by atoms with E-state index >= 15 is 0 Å². The van der Waals surface area contributed by atoms with Crippen LogP contribution in [0.25, 0.3) is 0 Å². The molecule has 0 aliphatic heterocycles. The Hall–Kier alpha value is -0.820. The van der Waals surface area contributed by atoms with Gasteiger partial charge >= 0.3 is 0 Å². The van der Waals surface area contributed by atoms with Gasteiger partial charge in [0.25, 0.3) is 0 Å². The number of hydrogen-bond donors (Lipinski definition) is 1. The molecular weight excluding hydrogens is 194 g/mol. The molecule has 0 heterocycles. The Bertz CT molecular complexity index is 361. The van der Waals surface area contributed by atoms with Crippen LogP contribution in [0.4, 0.5) is 0 Å². The van der Waals surface area contributed by atoms with Crippen LogP contribution in [0, 0.1) is 6.92 Å². The molecule has 0 amide bonds.